The predicted molar refractivity (Wildman–Crippen MR) is 117 cm³/mol. The summed E-state index contributed by atoms with van der Waals surface area (Å²) in [6.45, 7) is 0.274. The third-order valence-corrected chi connectivity index (χ3v) is 6.84. The first-order valence-corrected chi connectivity index (χ1v) is 11.4. The van der Waals surface area contributed by atoms with E-state index in [1.165, 1.54) is 25.3 Å². The fraction of sp³-hybridized carbons (Fsp3) is 0.174. The molecule has 0 fully saturated rings. The summed E-state index contributed by atoms with van der Waals surface area (Å²) in [5.74, 6) is -1.67. The first kappa shape index (κ1) is 22.7. The summed E-state index contributed by atoms with van der Waals surface area (Å²) >= 11 is 0. The molecule has 31 heavy (non-hydrogen) atoms. The van der Waals surface area contributed by atoms with Crippen LogP contribution in [0.4, 0.5) is 9.18 Å². The van der Waals surface area contributed by atoms with Gasteiger partial charge >= 0.3 is 6.09 Å². The second kappa shape index (κ2) is 10.9. The van der Waals surface area contributed by atoms with Gasteiger partial charge in [-0.2, -0.15) is 0 Å². The average Bonchev–Trinajstić information content (AvgIpc) is 2.81. The van der Waals surface area contributed by atoms with E-state index in [1.807, 2.05) is 60.7 Å². The van der Waals surface area contributed by atoms with E-state index in [0.717, 1.165) is 11.1 Å². The SMILES string of the molecule is COP(=O)(NCc1ccccc1)C(NC(=O)OCc1ccccc1)c1cccc(F)c1. The third-order valence-electron chi connectivity index (χ3n) is 4.59. The molecule has 0 bridgehead atoms. The van der Waals surface area contributed by atoms with Crippen molar-refractivity contribution in [3.63, 3.8) is 0 Å². The van der Waals surface area contributed by atoms with Crippen molar-refractivity contribution in [2.45, 2.75) is 18.9 Å². The Hall–Kier alpha value is -2.99. The molecule has 6 nitrogen and oxygen atoms in total. The van der Waals surface area contributed by atoms with Gasteiger partial charge in [-0.25, -0.2) is 14.3 Å². The lowest BCUT2D eigenvalue weighted by atomic mass is 10.2. The monoisotopic (exact) mass is 442 g/mol. The van der Waals surface area contributed by atoms with Crippen LogP contribution in [0.2, 0.25) is 0 Å². The van der Waals surface area contributed by atoms with Gasteiger partial charge in [0.1, 0.15) is 18.2 Å². The van der Waals surface area contributed by atoms with Crippen molar-refractivity contribution in [2.24, 2.45) is 0 Å². The molecule has 3 rings (SSSR count). The molecule has 8 heteroatoms. The highest BCUT2D eigenvalue weighted by Gasteiger charge is 2.36. The molecular weight excluding hydrogens is 418 g/mol. The zero-order chi connectivity index (χ0) is 22.1. The number of hydrogen-bond donors (Lipinski definition) is 2. The standard InChI is InChI=1S/C23H24FN2O4P/c1-29-31(28,25-16-18-9-4-2-5-10-18)22(20-13-8-14-21(24)15-20)26-23(27)30-17-19-11-6-3-7-12-19/h2-15,22H,16-17H2,1H3,(H,25,28)(H,26,27). The molecule has 3 aromatic rings. The minimum atomic E-state index is -3.70. The van der Waals surface area contributed by atoms with E-state index in [0.29, 0.717) is 5.56 Å². The lowest BCUT2D eigenvalue weighted by Gasteiger charge is -2.28. The third kappa shape index (κ3) is 6.49. The van der Waals surface area contributed by atoms with Crippen molar-refractivity contribution >= 4 is 13.6 Å². The largest absolute Gasteiger partial charge is 0.445 e. The molecule has 0 saturated carbocycles. The smallest absolute Gasteiger partial charge is 0.408 e. The van der Waals surface area contributed by atoms with Crippen LogP contribution < -0.4 is 10.4 Å². The van der Waals surface area contributed by atoms with Gasteiger partial charge in [0, 0.05) is 13.7 Å². The summed E-state index contributed by atoms with van der Waals surface area (Å²) in [7, 11) is -2.42. The van der Waals surface area contributed by atoms with Crippen LogP contribution in [0.15, 0.2) is 84.9 Å². The maximum absolute atomic E-state index is 13.9. The van der Waals surface area contributed by atoms with Crippen LogP contribution in [-0.2, 0) is 27.0 Å². The number of hydrogen-bond acceptors (Lipinski definition) is 4. The van der Waals surface area contributed by atoms with Crippen molar-refractivity contribution in [2.75, 3.05) is 7.11 Å². The van der Waals surface area contributed by atoms with Crippen molar-refractivity contribution in [1.82, 2.24) is 10.4 Å². The molecule has 1 amide bonds. The number of amides is 1. The number of ether oxygens (including phenoxy) is 1. The quantitative estimate of drug-likeness (QED) is 0.435. The van der Waals surface area contributed by atoms with E-state index in [1.54, 1.807) is 6.07 Å². The number of benzene rings is 3. The second-order valence-corrected chi connectivity index (χ2v) is 9.16. The van der Waals surface area contributed by atoms with E-state index in [-0.39, 0.29) is 13.2 Å². The fourth-order valence-electron chi connectivity index (χ4n) is 2.98. The van der Waals surface area contributed by atoms with Gasteiger partial charge in [-0.05, 0) is 28.8 Å². The molecule has 0 aromatic heterocycles. The van der Waals surface area contributed by atoms with Crippen LogP contribution in [0.25, 0.3) is 0 Å². The second-order valence-electron chi connectivity index (χ2n) is 6.76. The summed E-state index contributed by atoms with van der Waals surface area (Å²) in [5, 5.41) is 5.48. The van der Waals surface area contributed by atoms with Gasteiger partial charge in [-0.15, -0.1) is 0 Å². The highest BCUT2D eigenvalue weighted by atomic mass is 31.2. The van der Waals surface area contributed by atoms with E-state index >= 15 is 0 Å². The van der Waals surface area contributed by atoms with Gasteiger partial charge in [0.05, 0.1) is 0 Å². The van der Waals surface area contributed by atoms with Gasteiger partial charge in [-0.3, -0.25) is 4.57 Å². The van der Waals surface area contributed by atoms with E-state index < -0.39 is 25.2 Å². The highest BCUT2D eigenvalue weighted by molar-refractivity contribution is 7.57. The van der Waals surface area contributed by atoms with Crippen molar-refractivity contribution < 1.29 is 23.0 Å². The maximum Gasteiger partial charge on any atom is 0.408 e. The topological polar surface area (TPSA) is 76.7 Å². The number of nitrogens with one attached hydrogen (secondary N) is 2. The number of carbonyl (C=O) groups excluding carboxylic acids is 1. The normalized spacial score (nSPS) is 13.7. The lowest BCUT2D eigenvalue weighted by molar-refractivity contribution is 0.137. The van der Waals surface area contributed by atoms with Crippen LogP contribution in [0.5, 0.6) is 0 Å². The van der Waals surface area contributed by atoms with E-state index in [9.17, 15) is 13.8 Å². The van der Waals surface area contributed by atoms with Gasteiger partial charge in [0.25, 0.3) is 7.52 Å². The Labute approximate surface area is 180 Å². The molecule has 0 aliphatic heterocycles. The van der Waals surface area contributed by atoms with Crippen LogP contribution >= 0.6 is 7.52 Å². The van der Waals surface area contributed by atoms with Crippen LogP contribution in [0.3, 0.4) is 0 Å². The summed E-state index contributed by atoms with van der Waals surface area (Å²) in [6.07, 6.45) is -0.795. The zero-order valence-corrected chi connectivity index (χ0v) is 17.9. The number of rotatable bonds is 9. The van der Waals surface area contributed by atoms with Gasteiger partial charge < -0.3 is 14.6 Å². The Morgan fingerprint density at radius 2 is 1.61 bits per heavy atom. The molecule has 2 atom stereocenters. The van der Waals surface area contributed by atoms with Gasteiger partial charge in [0.15, 0.2) is 0 Å². The van der Waals surface area contributed by atoms with Crippen LogP contribution in [0, 0.1) is 5.82 Å². The molecule has 162 valence electrons. The van der Waals surface area contributed by atoms with Crippen molar-refractivity contribution in [3.8, 4) is 0 Å². The van der Waals surface area contributed by atoms with Gasteiger partial charge in [0.2, 0.25) is 0 Å². The summed E-state index contributed by atoms with van der Waals surface area (Å²) in [6, 6.07) is 24.0. The molecule has 2 unspecified atom stereocenters. The van der Waals surface area contributed by atoms with Crippen LogP contribution in [0.1, 0.15) is 22.5 Å². The minimum Gasteiger partial charge on any atom is -0.445 e. The predicted octanol–water partition coefficient (Wildman–Crippen LogP) is 5.38. The van der Waals surface area contributed by atoms with Gasteiger partial charge in [-0.1, -0.05) is 72.8 Å². The summed E-state index contributed by atoms with van der Waals surface area (Å²) in [5.41, 5.74) is 1.98. The number of alkyl carbamates (subject to hydrolysis) is 1. The Morgan fingerprint density at radius 3 is 2.23 bits per heavy atom. The molecule has 3 aromatic carbocycles. The highest BCUT2D eigenvalue weighted by Crippen LogP contribution is 2.54. The molecule has 0 spiro atoms. The molecule has 0 radical (unpaired) electrons. The van der Waals surface area contributed by atoms with Crippen LogP contribution in [-0.4, -0.2) is 13.2 Å². The number of halogens is 1. The maximum atomic E-state index is 13.9. The molecular formula is C23H24FN2O4P. The average molecular weight is 442 g/mol. The summed E-state index contributed by atoms with van der Waals surface area (Å²) < 4.78 is 38.1. The van der Waals surface area contributed by atoms with Crippen molar-refractivity contribution in [3.05, 3.63) is 107 Å². The number of carbonyl (C=O) groups is 1. The molecule has 0 saturated heterocycles. The Morgan fingerprint density at radius 1 is 0.968 bits per heavy atom. The Balaban J connectivity index is 1.79. The summed E-state index contributed by atoms with van der Waals surface area (Å²) in [4.78, 5) is 12.5. The Kier molecular flexibility index (Phi) is 7.95. The molecule has 2 N–H and O–H groups in total. The van der Waals surface area contributed by atoms with E-state index in [4.69, 9.17) is 9.26 Å². The molecule has 0 aliphatic carbocycles. The zero-order valence-electron chi connectivity index (χ0n) is 17.0. The minimum absolute atomic E-state index is 0.0390. The Bertz CT molecular complexity index is 1030. The first-order chi connectivity index (χ1) is 15.0. The van der Waals surface area contributed by atoms with Crippen molar-refractivity contribution in [1.29, 1.82) is 0 Å². The fourth-order valence-corrected chi connectivity index (χ4v) is 4.73. The lowest BCUT2D eigenvalue weighted by Crippen LogP contribution is -2.33. The molecule has 0 aliphatic rings. The first-order valence-electron chi connectivity index (χ1n) is 9.67. The van der Waals surface area contributed by atoms with E-state index in [2.05, 4.69) is 10.4 Å². The molecule has 0 heterocycles.